The molecular formula is C13H8F2N2O3. The summed E-state index contributed by atoms with van der Waals surface area (Å²) in [7, 11) is 0. The van der Waals surface area contributed by atoms with Gasteiger partial charge in [0.25, 0.3) is 5.91 Å². The van der Waals surface area contributed by atoms with E-state index in [-0.39, 0.29) is 5.56 Å². The summed E-state index contributed by atoms with van der Waals surface area (Å²) in [5.74, 6) is -3.99. The third kappa shape index (κ3) is 2.77. The number of aromatic carboxylic acids is 1. The first-order valence-electron chi connectivity index (χ1n) is 5.44. The Hall–Kier alpha value is -2.83. The van der Waals surface area contributed by atoms with E-state index in [1.807, 2.05) is 0 Å². The number of rotatable bonds is 3. The highest BCUT2D eigenvalue weighted by molar-refractivity contribution is 6.07. The van der Waals surface area contributed by atoms with Crippen LogP contribution in [0.1, 0.15) is 20.7 Å². The predicted octanol–water partition coefficient (Wildman–Crippen LogP) is 2.31. The Kier molecular flexibility index (Phi) is 3.69. The number of carboxylic acid groups (broad SMARTS) is 1. The second-order valence-electron chi connectivity index (χ2n) is 3.79. The molecule has 0 atom stereocenters. The zero-order valence-corrected chi connectivity index (χ0v) is 9.93. The molecule has 102 valence electrons. The maximum atomic E-state index is 13.6. The molecule has 0 aliphatic rings. The molecule has 0 unspecified atom stereocenters. The Bertz CT molecular complexity index is 689. The van der Waals surface area contributed by atoms with Gasteiger partial charge < -0.3 is 10.4 Å². The molecule has 0 aliphatic carbocycles. The molecule has 2 rings (SSSR count). The molecular weight excluding hydrogens is 270 g/mol. The predicted molar refractivity (Wildman–Crippen MR) is 65.5 cm³/mol. The highest BCUT2D eigenvalue weighted by Crippen LogP contribution is 2.20. The van der Waals surface area contributed by atoms with Crippen LogP contribution in [0.5, 0.6) is 0 Å². The Balaban J connectivity index is 2.35. The maximum absolute atomic E-state index is 13.6. The summed E-state index contributed by atoms with van der Waals surface area (Å²) >= 11 is 0. The van der Waals surface area contributed by atoms with Gasteiger partial charge >= 0.3 is 5.97 Å². The van der Waals surface area contributed by atoms with Crippen LogP contribution in [-0.4, -0.2) is 22.0 Å². The normalized spacial score (nSPS) is 10.1. The van der Waals surface area contributed by atoms with Crippen molar-refractivity contribution in [3.63, 3.8) is 0 Å². The fourth-order valence-corrected chi connectivity index (χ4v) is 1.56. The lowest BCUT2D eigenvalue weighted by Crippen LogP contribution is -2.16. The number of nitrogens with one attached hydrogen (secondary N) is 1. The van der Waals surface area contributed by atoms with Gasteiger partial charge in [0.1, 0.15) is 5.82 Å². The lowest BCUT2D eigenvalue weighted by Gasteiger charge is -2.09. The Morgan fingerprint density at radius 2 is 1.95 bits per heavy atom. The summed E-state index contributed by atoms with van der Waals surface area (Å²) in [5.41, 5.74) is -0.966. The topological polar surface area (TPSA) is 79.3 Å². The summed E-state index contributed by atoms with van der Waals surface area (Å²) in [4.78, 5) is 26.1. The molecule has 5 nitrogen and oxygen atoms in total. The zero-order valence-electron chi connectivity index (χ0n) is 9.93. The van der Waals surface area contributed by atoms with Crippen molar-refractivity contribution in [2.24, 2.45) is 0 Å². The number of halogens is 2. The molecule has 1 amide bonds. The fourth-order valence-electron chi connectivity index (χ4n) is 1.56. The molecule has 0 saturated carbocycles. The number of benzene rings is 1. The Morgan fingerprint density at radius 3 is 2.60 bits per heavy atom. The van der Waals surface area contributed by atoms with E-state index in [0.717, 1.165) is 24.4 Å². The highest BCUT2D eigenvalue weighted by atomic mass is 19.1. The zero-order chi connectivity index (χ0) is 14.7. The van der Waals surface area contributed by atoms with E-state index in [1.54, 1.807) is 0 Å². The smallest absolute Gasteiger partial charge is 0.337 e. The Morgan fingerprint density at radius 1 is 1.20 bits per heavy atom. The third-order valence-electron chi connectivity index (χ3n) is 2.47. The van der Waals surface area contributed by atoms with Crippen LogP contribution < -0.4 is 5.32 Å². The number of carboxylic acids is 1. The third-order valence-corrected chi connectivity index (χ3v) is 2.47. The van der Waals surface area contributed by atoms with E-state index in [1.165, 1.54) is 12.1 Å². The summed E-state index contributed by atoms with van der Waals surface area (Å²) in [6, 6.07) is 5.44. The van der Waals surface area contributed by atoms with Gasteiger partial charge in [-0.25, -0.2) is 14.2 Å². The van der Waals surface area contributed by atoms with E-state index in [0.29, 0.717) is 0 Å². The second kappa shape index (κ2) is 5.43. The molecule has 1 aromatic heterocycles. The quantitative estimate of drug-likeness (QED) is 0.844. The molecule has 0 fully saturated rings. The van der Waals surface area contributed by atoms with Gasteiger partial charge in [0.2, 0.25) is 5.95 Å². The summed E-state index contributed by atoms with van der Waals surface area (Å²) in [6.07, 6.45) is 1.07. The first kappa shape index (κ1) is 13.6. The minimum atomic E-state index is -1.39. The van der Waals surface area contributed by atoms with Crippen LogP contribution in [0.25, 0.3) is 0 Å². The van der Waals surface area contributed by atoms with Crippen LogP contribution >= 0.6 is 0 Å². The van der Waals surface area contributed by atoms with Crippen molar-refractivity contribution in [2.45, 2.75) is 0 Å². The second-order valence-corrected chi connectivity index (χ2v) is 3.79. The first-order chi connectivity index (χ1) is 9.49. The average Bonchev–Trinajstić information content (AvgIpc) is 2.40. The number of hydrogen-bond acceptors (Lipinski definition) is 3. The van der Waals surface area contributed by atoms with Crippen molar-refractivity contribution in [1.29, 1.82) is 0 Å². The van der Waals surface area contributed by atoms with Gasteiger partial charge in [0.05, 0.1) is 11.3 Å². The van der Waals surface area contributed by atoms with Crippen molar-refractivity contribution in [1.82, 2.24) is 4.98 Å². The van der Waals surface area contributed by atoms with Gasteiger partial charge in [-0.05, 0) is 18.2 Å². The number of amides is 1. The van der Waals surface area contributed by atoms with Gasteiger partial charge in [0, 0.05) is 17.8 Å². The number of pyridine rings is 1. The van der Waals surface area contributed by atoms with Crippen LogP contribution in [0.3, 0.4) is 0 Å². The number of carbonyl (C=O) groups excluding carboxylic acids is 1. The number of para-hydroxylation sites is 1. The molecule has 2 aromatic rings. The van der Waals surface area contributed by atoms with Crippen LogP contribution in [0.4, 0.5) is 14.5 Å². The van der Waals surface area contributed by atoms with E-state index in [4.69, 9.17) is 5.11 Å². The van der Waals surface area contributed by atoms with Crippen LogP contribution in [0.15, 0.2) is 36.5 Å². The van der Waals surface area contributed by atoms with Crippen LogP contribution in [-0.2, 0) is 0 Å². The molecule has 0 spiro atoms. The number of hydrogen-bond donors (Lipinski definition) is 2. The number of aromatic nitrogens is 1. The van der Waals surface area contributed by atoms with E-state index in [2.05, 4.69) is 10.3 Å². The summed E-state index contributed by atoms with van der Waals surface area (Å²) in [5, 5.41) is 11.0. The molecule has 0 bridgehead atoms. The first-order valence-corrected chi connectivity index (χ1v) is 5.44. The summed E-state index contributed by atoms with van der Waals surface area (Å²) < 4.78 is 26.5. The number of carbonyl (C=O) groups is 2. The fraction of sp³-hybridized carbons (Fsp3) is 0. The standard InChI is InChI=1S/C13H8F2N2O3/c14-9-3-1-2-8(13(19)20)11(9)17-12(18)7-4-5-16-10(15)6-7/h1-6H,(H,17,18)(H,19,20). The van der Waals surface area contributed by atoms with Gasteiger partial charge in [-0.1, -0.05) is 6.07 Å². The number of nitrogens with zero attached hydrogens (tertiary/aromatic N) is 1. The maximum Gasteiger partial charge on any atom is 0.337 e. The lowest BCUT2D eigenvalue weighted by atomic mass is 10.1. The molecule has 7 heteroatoms. The van der Waals surface area contributed by atoms with Crippen molar-refractivity contribution in [2.75, 3.05) is 5.32 Å². The van der Waals surface area contributed by atoms with Crippen molar-refractivity contribution in [3.05, 3.63) is 59.4 Å². The molecule has 0 radical (unpaired) electrons. The molecule has 2 N–H and O–H groups in total. The summed E-state index contributed by atoms with van der Waals surface area (Å²) in [6.45, 7) is 0. The van der Waals surface area contributed by atoms with Gasteiger partial charge in [0.15, 0.2) is 0 Å². The number of anilines is 1. The van der Waals surface area contributed by atoms with Crippen LogP contribution in [0.2, 0.25) is 0 Å². The minimum Gasteiger partial charge on any atom is -0.478 e. The Labute approximate surface area is 111 Å². The van der Waals surface area contributed by atoms with Gasteiger partial charge in [-0.2, -0.15) is 4.39 Å². The minimum absolute atomic E-state index is 0.0999. The highest BCUT2D eigenvalue weighted by Gasteiger charge is 2.17. The average molecular weight is 278 g/mol. The molecule has 0 saturated heterocycles. The molecule has 20 heavy (non-hydrogen) atoms. The van der Waals surface area contributed by atoms with Gasteiger partial charge in [-0.15, -0.1) is 0 Å². The monoisotopic (exact) mass is 278 g/mol. The van der Waals surface area contributed by atoms with Crippen LogP contribution in [0, 0.1) is 11.8 Å². The molecule has 1 aromatic carbocycles. The SMILES string of the molecule is O=C(Nc1c(F)cccc1C(=O)O)c1ccnc(F)c1. The largest absolute Gasteiger partial charge is 0.478 e. The van der Waals surface area contributed by atoms with Crippen molar-refractivity contribution >= 4 is 17.6 Å². The molecule has 0 aliphatic heterocycles. The van der Waals surface area contributed by atoms with E-state index >= 15 is 0 Å². The lowest BCUT2D eigenvalue weighted by molar-refractivity contribution is 0.0697. The van der Waals surface area contributed by atoms with Gasteiger partial charge in [-0.3, -0.25) is 4.79 Å². The van der Waals surface area contributed by atoms with E-state index < -0.39 is 34.9 Å². The van der Waals surface area contributed by atoms with Crippen molar-refractivity contribution in [3.8, 4) is 0 Å². The molecule has 1 heterocycles. The van der Waals surface area contributed by atoms with E-state index in [9.17, 15) is 18.4 Å². The van der Waals surface area contributed by atoms with Crippen molar-refractivity contribution < 1.29 is 23.5 Å².